The number of aliphatic hydroxyl groups excluding tert-OH is 1. The standard InChI is InChI=1S/C25H27NO4/c1-4-29-24(28)14-22(27)21-11-12-23(26-15-21)30-16-19-9-6-10-20(13-19)25-17(2)7-5-8-18(25)3/h5-13,15,22,27H,4,14,16H2,1-3H3. The second kappa shape index (κ2) is 10.0. The Balaban J connectivity index is 1.64. The lowest BCUT2D eigenvalue weighted by molar-refractivity contribution is -0.145. The minimum Gasteiger partial charge on any atom is -0.473 e. The van der Waals surface area contributed by atoms with Gasteiger partial charge in [0.1, 0.15) is 6.61 Å². The first-order chi connectivity index (χ1) is 14.5. The predicted molar refractivity (Wildman–Crippen MR) is 116 cm³/mol. The number of hydrogen-bond acceptors (Lipinski definition) is 5. The number of ether oxygens (including phenoxy) is 2. The first-order valence-electron chi connectivity index (χ1n) is 10.1. The Hall–Kier alpha value is -3.18. The number of carbonyl (C=O) groups is 1. The van der Waals surface area contributed by atoms with E-state index >= 15 is 0 Å². The van der Waals surface area contributed by atoms with Crippen molar-refractivity contribution in [1.82, 2.24) is 4.98 Å². The zero-order chi connectivity index (χ0) is 21.5. The predicted octanol–water partition coefficient (Wildman–Crippen LogP) is 4.93. The van der Waals surface area contributed by atoms with Gasteiger partial charge in [0.15, 0.2) is 0 Å². The third-order valence-electron chi connectivity index (χ3n) is 4.89. The lowest BCUT2D eigenvalue weighted by atomic mass is 9.95. The van der Waals surface area contributed by atoms with Crippen LogP contribution >= 0.6 is 0 Å². The Labute approximate surface area is 177 Å². The summed E-state index contributed by atoms with van der Waals surface area (Å²) in [6, 6.07) is 18.0. The Bertz CT molecular complexity index is 978. The highest BCUT2D eigenvalue weighted by molar-refractivity contribution is 5.71. The van der Waals surface area contributed by atoms with E-state index in [0.29, 0.717) is 24.7 Å². The van der Waals surface area contributed by atoms with E-state index < -0.39 is 12.1 Å². The number of benzene rings is 2. The first kappa shape index (κ1) is 21.5. The number of nitrogens with zero attached hydrogens (tertiary/aromatic N) is 1. The van der Waals surface area contributed by atoms with Gasteiger partial charge in [-0.3, -0.25) is 4.79 Å². The zero-order valence-corrected chi connectivity index (χ0v) is 17.6. The summed E-state index contributed by atoms with van der Waals surface area (Å²) in [4.78, 5) is 15.7. The summed E-state index contributed by atoms with van der Waals surface area (Å²) in [6.07, 6.45) is 0.479. The van der Waals surface area contributed by atoms with Crippen molar-refractivity contribution in [2.45, 2.75) is 39.9 Å². The molecule has 0 bridgehead atoms. The van der Waals surface area contributed by atoms with E-state index in [9.17, 15) is 9.90 Å². The quantitative estimate of drug-likeness (QED) is 0.538. The maximum atomic E-state index is 11.5. The number of rotatable bonds is 8. The summed E-state index contributed by atoms with van der Waals surface area (Å²) in [5.41, 5.74) is 6.49. The van der Waals surface area contributed by atoms with Crippen molar-refractivity contribution in [3.63, 3.8) is 0 Å². The van der Waals surface area contributed by atoms with Crippen LogP contribution in [0, 0.1) is 13.8 Å². The van der Waals surface area contributed by atoms with Crippen LogP contribution in [0.25, 0.3) is 11.1 Å². The smallest absolute Gasteiger partial charge is 0.308 e. The fraction of sp³-hybridized carbons (Fsp3) is 0.280. The maximum Gasteiger partial charge on any atom is 0.308 e. The number of carbonyl (C=O) groups excluding carboxylic acids is 1. The minimum atomic E-state index is -0.945. The van der Waals surface area contributed by atoms with Gasteiger partial charge in [-0.25, -0.2) is 4.98 Å². The van der Waals surface area contributed by atoms with Crippen LogP contribution in [-0.4, -0.2) is 22.7 Å². The van der Waals surface area contributed by atoms with Crippen LogP contribution in [0.5, 0.6) is 5.88 Å². The molecule has 5 nitrogen and oxygen atoms in total. The van der Waals surface area contributed by atoms with Crippen molar-refractivity contribution in [1.29, 1.82) is 0 Å². The molecule has 1 heterocycles. The molecule has 0 radical (unpaired) electrons. The first-order valence-corrected chi connectivity index (χ1v) is 10.1. The lowest BCUT2D eigenvalue weighted by Crippen LogP contribution is -2.10. The van der Waals surface area contributed by atoms with Gasteiger partial charge in [-0.1, -0.05) is 36.4 Å². The highest BCUT2D eigenvalue weighted by Crippen LogP contribution is 2.28. The Morgan fingerprint density at radius 3 is 2.47 bits per heavy atom. The molecule has 2 aromatic carbocycles. The molecule has 1 atom stereocenters. The summed E-state index contributed by atoms with van der Waals surface area (Å²) < 4.78 is 10.7. The minimum absolute atomic E-state index is 0.0964. The Morgan fingerprint density at radius 1 is 1.07 bits per heavy atom. The molecular weight excluding hydrogens is 378 g/mol. The molecule has 0 saturated carbocycles. The molecule has 0 fully saturated rings. The van der Waals surface area contributed by atoms with Gasteiger partial charge < -0.3 is 14.6 Å². The SMILES string of the molecule is CCOC(=O)CC(O)c1ccc(OCc2cccc(-c3c(C)cccc3C)c2)nc1. The summed E-state index contributed by atoms with van der Waals surface area (Å²) in [5, 5.41) is 10.1. The van der Waals surface area contributed by atoms with Crippen LogP contribution in [0.15, 0.2) is 60.8 Å². The summed E-state index contributed by atoms with van der Waals surface area (Å²) in [7, 11) is 0. The fourth-order valence-corrected chi connectivity index (χ4v) is 3.41. The van der Waals surface area contributed by atoms with Gasteiger partial charge >= 0.3 is 5.97 Å². The average molecular weight is 405 g/mol. The molecule has 30 heavy (non-hydrogen) atoms. The molecule has 5 heteroatoms. The topological polar surface area (TPSA) is 68.7 Å². The third-order valence-corrected chi connectivity index (χ3v) is 4.89. The van der Waals surface area contributed by atoms with Crippen LogP contribution in [0.4, 0.5) is 0 Å². The molecule has 3 rings (SSSR count). The number of aromatic nitrogens is 1. The fourth-order valence-electron chi connectivity index (χ4n) is 3.41. The van der Waals surface area contributed by atoms with Gasteiger partial charge in [-0.05, 0) is 66.3 Å². The normalized spacial score (nSPS) is 11.7. The van der Waals surface area contributed by atoms with Gasteiger partial charge in [-0.2, -0.15) is 0 Å². The Morgan fingerprint density at radius 2 is 1.80 bits per heavy atom. The van der Waals surface area contributed by atoms with Gasteiger partial charge in [0.2, 0.25) is 5.88 Å². The van der Waals surface area contributed by atoms with E-state index in [4.69, 9.17) is 9.47 Å². The van der Waals surface area contributed by atoms with E-state index in [1.54, 1.807) is 19.1 Å². The van der Waals surface area contributed by atoms with Crippen molar-refractivity contribution in [2.24, 2.45) is 0 Å². The highest BCUT2D eigenvalue weighted by atomic mass is 16.5. The number of esters is 1. The molecule has 0 spiro atoms. The molecule has 0 aliphatic rings. The molecule has 0 amide bonds. The molecule has 0 aliphatic heterocycles. The van der Waals surface area contributed by atoms with E-state index in [0.717, 1.165) is 11.1 Å². The summed E-state index contributed by atoms with van der Waals surface area (Å²) in [6.45, 7) is 6.65. The van der Waals surface area contributed by atoms with E-state index in [1.165, 1.54) is 22.9 Å². The van der Waals surface area contributed by atoms with Crippen LogP contribution in [0.3, 0.4) is 0 Å². The molecular formula is C25H27NO4. The molecule has 0 saturated heterocycles. The highest BCUT2D eigenvalue weighted by Gasteiger charge is 2.14. The van der Waals surface area contributed by atoms with Crippen LogP contribution < -0.4 is 4.74 Å². The lowest BCUT2D eigenvalue weighted by Gasteiger charge is -2.13. The number of aryl methyl sites for hydroxylation is 2. The van der Waals surface area contributed by atoms with Crippen LogP contribution in [0.1, 0.15) is 41.7 Å². The van der Waals surface area contributed by atoms with Crippen LogP contribution in [0.2, 0.25) is 0 Å². The largest absolute Gasteiger partial charge is 0.473 e. The summed E-state index contributed by atoms with van der Waals surface area (Å²) in [5.74, 6) is 0.0219. The molecule has 1 aromatic heterocycles. The zero-order valence-electron chi connectivity index (χ0n) is 17.6. The van der Waals surface area contributed by atoms with Crippen molar-refractivity contribution in [3.05, 3.63) is 83.0 Å². The van der Waals surface area contributed by atoms with Crippen molar-refractivity contribution in [2.75, 3.05) is 6.61 Å². The second-order valence-electron chi connectivity index (χ2n) is 7.21. The van der Waals surface area contributed by atoms with Gasteiger partial charge in [0.05, 0.1) is 19.1 Å². The van der Waals surface area contributed by atoms with Gasteiger partial charge in [0.25, 0.3) is 0 Å². The Kier molecular flexibility index (Phi) is 7.20. The number of aliphatic hydroxyl groups is 1. The molecule has 0 aliphatic carbocycles. The van der Waals surface area contributed by atoms with Gasteiger partial charge in [-0.15, -0.1) is 0 Å². The van der Waals surface area contributed by atoms with Crippen molar-refractivity contribution < 1.29 is 19.4 Å². The third kappa shape index (κ3) is 5.45. The number of hydrogen-bond donors (Lipinski definition) is 1. The van der Waals surface area contributed by atoms with E-state index in [2.05, 4.69) is 49.2 Å². The molecule has 156 valence electrons. The van der Waals surface area contributed by atoms with Crippen LogP contribution in [-0.2, 0) is 16.1 Å². The monoisotopic (exact) mass is 405 g/mol. The molecule has 3 aromatic rings. The van der Waals surface area contributed by atoms with Gasteiger partial charge in [0, 0.05) is 12.3 Å². The molecule has 1 N–H and O–H groups in total. The van der Waals surface area contributed by atoms with E-state index in [1.807, 2.05) is 12.1 Å². The second-order valence-corrected chi connectivity index (χ2v) is 7.21. The molecule has 1 unspecified atom stereocenters. The van der Waals surface area contributed by atoms with Crippen molar-refractivity contribution >= 4 is 5.97 Å². The summed E-state index contributed by atoms with van der Waals surface area (Å²) >= 11 is 0. The maximum absolute atomic E-state index is 11.5. The average Bonchev–Trinajstić information content (AvgIpc) is 2.73. The van der Waals surface area contributed by atoms with Crippen molar-refractivity contribution in [3.8, 4) is 17.0 Å². The van der Waals surface area contributed by atoms with E-state index in [-0.39, 0.29) is 6.42 Å². The number of pyridine rings is 1.